The van der Waals surface area contributed by atoms with Crippen molar-refractivity contribution < 1.29 is 18.3 Å². The molecule has 116 valence electrons. The van der Waals surface area contributed by atoms with Crippen LogP contribution in [0, 0.1) is 0 Å². The summed E-state index contributed by atoms with van der Waals surface area (Å²) in [4.78, 5) is 6.06. The van der Waals surface area contributed by atoms with Crippen LogP contribution in [0.5, 0.6) is 0 Å². The summed E-state index contributed by atoms with van der Waals surface area (Å²) < 4.78 is 37.7. The molecule has 1 aromatic heterocycles. The number of halogens is 3. The number of aromatic nitrogens is 1. The van der Waals surface area contributed by atoms with E-state index in [1.54, 1.807) is 0 Å². The second-order valence-corrected chi connectivity index (χ2v) is 5.83. The smallest absolute Gasteiger partial charge is 0.382 e. The fourth-order valence-electron chi connectivity index (χ4n) is 3.16. The molecule has 2 N–H and O–H groups in total. The normalized spacial score (nSPS) is 31.0. The Kier molecular flexibility index (Phi) is 3.67. The van der Waals surface area contributed by atoms with Gasteiger partial charge >= 0.3 is 6.18 Å². The summed E-state index contributed by atoms with van der Waals surface area (Å²) >= 11 is 0. The summed E-state index contributed by atoms with van der Waals surface area (Å²) in [7, 11) is 0. The van der Waals surface area contributed by atoms with Gasteiger partial charge in [-0.05, 0) is 25.0 Å². The molecule has 2 saturated heterocycles. The minimum Gasteiger partial charge on any atom is -0.382 e. The summed E-state index contributed by atoms with van der Waals surface area (Å²) in [5, 5.41) is 14.1. The second kappa shape index (κ2) is 5.23. The minimum atomic E-state index is -4.40. The fraction of sp³-hybridized carbons (Fsp3) is 0.643. The third kappa shape index (κ3) is 2.90. The quantitative estimate of drug-likeness (QED) is 0.822. The Morgan fingerprint density at radius 1 is 1.38 bits per heavy atom. The first-order valence-corrected chi connectivity index (χ1v) is 7.09. The molecule has 2 aliphatic heterocycles. The van der Waals surface area contributed by atoms with Gasteiger partial charge in [0.2, 0.25) is 0 Å². The highest BCUT2D eigenvalue weighted by Gasteiger charge is 2.41. The molecule has 7 heteroatoms. The summed E-state index contributed by atoms with van der Waals surface area (Å²) in [5.74, 6) is 0. The molecule has 1 aromatic rings. The number of rotatable bonds is 1. The van der Waals surface area contributed by atoms with Gasteiger partial charge in [-0.3, -0.25) is 9.88 Å². The third-order valence-corrected chi connectivity index (χ3v) is 4.40. The topological polar surface area (TPSA) is 48.4 Å². The molecular weight excluding hydrogens is 283 g/mol. The van der Waals surface area contributed by atoms with E-state index in [1.807, 2.05) is 0 Å². The average molecular weight is 301 g/mol. The van der Waals surface area contributed by atoms with E-state index >= 15 is 0 Å². The standard InChI is InChI=1S/C14H18F3N3O/c15-14(16,17)10-1-2-12(19-7-10)13(21)4-3-11-8-18-5-6-20(11)9-13/h1-2,7,11,18,21H,3-6,8-9H2/t11-,13-/m1/s1. The summed E-state index contributed by atoms with van der Waals surface area (Å²) in [5.41, 5.74) is -1.61. The molecular formula is C14H18F3N3O. The van der Waals surface area contributed by atoms with Crippen LogP contribution in [-0.2, 0) is 11.8 Å². The summed E-state index contributed by atoms with van der Waals surface area (Å²) in [6.45, 7) is 3.04. The SMILES string of the molecule is O[C@]1(c2ccc(C(F)(F)F)cn2)CC[C@@H]2CNCCN2C1. The zero-order valence-electron chi connectivity index (χ0n) is 11.5. The molecule has 0 unspecified atom stereocenters. The Balaban J connectivity index is 1.79. The van der Waals surface area contributed by atoms with Gasteiger partial charge in [0, 0.05) is 38.4 Å². The summed E-state index contributed by atoms with van der Waals surface area (Å²) in [6, 6.07) is 2.68. The largest absolute Gasteiger partial charge is 0.417 e. The van der Waals surface area contributed by atoms with E-state index in [0.717, 1.165) is 38.3 Å². The van der Waals surface area contributed by atoms with Crippen molar-refractivity contribution in [2.45, 2.75) is 30.7 Å². The number of piperazine rings is 1. The maximum Gasteiger partial charge on any atom is 0.417 e. The Labute approximate surface area is 121 Å². The first kappa shape index (κ1) is 14.7. The van der Waals surface area contributed by atoms with Crippen LogP contribution in [0.1, 0.15) is 24.1 Å². The molecule has 4 nitrogen and oxygen atoms in total. The molecule has 2 aliphatic rings. The molecule has 0 aromatic carbocycles. The van der Waals surface area contributed by atoms with E-state index in [2.05, 4.69) is 15.2 Å². The molecule has 0 amide bonds. The number of piperidine rings is 1. The molecule has 2 atom stereocenters. The Bertz CT molecular complexity index is 505. The lowest BCUT2D eigenvalue weighted by molar-refractivity contribution is -0.138. The van der Waals surface area contributed by atoms with Crippen molar-refractivity contribution in [3.05, 3.63) is 29.6 Å². The van der Waals surface area contributed by atoms with Crippen LogP contribution in [0.15, 0.2) is 18.3 Å². The van der Waals surface area contributed by atoms with Gasteiger partial charge in [-0.2, -0.15) is 13.2 Å². The molecule has 0 spiro atoms. The average Bonchev–Trinajstić information content (AvgIpc) is 2.46. The van der Waals surface area contributed by atoms with Gasteiger partial charge in [-0.25, -0.2) is 0 Å². The van der Waals surface area contributed by atoms with Crippen LogP contribution in [0.25, 0.3) is 0 Å². The Morgan fingerprint density at radius 2 is 2.19 bits per heavy atom. The van der Waals surface area contributed by atoms with Gasteiger partial charge in [0.25, 0.3) is 0 Å². The van der Waals surface area contributed by atoms with E-state index in [4.69, 9.17) is 0 Å². The number of pyridine rings is 1. The fourth-order valence-corrected chi connectivity index (χ4v) is 3.16. The molecule has 3 rings (SSSR count). The number of hydrogen-bond donors (Lipinski definition) is 2. The predicted molar refractivity (Wildman–Crippen MR) is 70.6 cm³/mol. The molecule has 0 radical (unpaired) electrons. The highest BCUT2D eigenvalue weighted by Crippen LogP contribution is 2.35. The Hall–Kier alpha value is -1.18. The van der Waals surface area contributed by atoms with Crippen molar-refractivity contribution in [1.82, 2.24) is 15.2 Å². The number of aliphatic hydroxyl groups is 1. The minimum absolute atomic E-state index is 0.326. The summed E-state index contributed by atoms with van der Waals surface area (Å²) in [6.07, 6.45) is -2.26. The zero-order chi connectivity index (χ0) is 15.1. The first-order valence-electron chi connectivity index (χ1n) is 7.09. The van der Waals surface area contributed by atoms with E-state index in [9.17, 15) is 18.3 Å². The zero-order valence-corrected chi connectivity index (χ0v) is 11.5. The van der Waals surface area contributed by atoms with Crippen LogP contribution < -0.4 is 5.32 Å². The third-order valence-electron chi connectivity index (χ3n) is 4.40. The predicted octanol–water partition coefficient (Wildman–Crippen LogP) is 1.36. The second-order valence-electron chi connectivity index (χ2n) is 5.83. The molecule has 0 aliphatic carbocycles. The first-order chi connectivity index (χ1) is 9.88. The highest BCUT2D eigenvalue weighted by molar-refractivity contribution is 5.22. The van der Waals surface area contributed by atoms with Crippen molar-refractivity contribution in [3.63, 3.8) is 0 Å². The van der Waals surface area contributed by atoms with Gasteiger partial charge in [0.15, 0.2) is 0 Å². The molecule has 2 fully saturated rings. The molecule has 0 bridgehead atoms. The van der Waals surface area contributed by atoms with Gasteiger partial charge in [-0.1, -0.05) is 0 Å². The van der Waals surface area contributed by atoms with Crippen molar-refractivity contribution in [2.75, 3.05) is 26.2 Å². The van der Waals surface area contributed by atoms with E-state index in [-0.39, 0.29) is 0 Å². The number of nitrogens with one attached hydrogen (secondary N) is 1. The van der Waals surface area contributed by atoms with Crippen molar-refractivity contribution >= 4 is 0 Å². The Morgan fingerprint density at radius 3 is 2.86 bits per heavy atom. The lowest BCUT2D eigenvalue weighted by Crippen LogP contribution is -2.59. The number of fused-ring (bicyclic) bond motifs is 1. The van der Waals surface area contributed by atoms with Crippen molar-refractivity contribution in [3.8, 4) is 0 Å². The van der Waals surface area contributed by atoms with Gasteiger partial charge in [-0.15, -0.1) is 0 Å². The van der Waals surface area contributed by atoms with Crippen LogP contribution in [0.3, 0.4) is 0 Å². The monoisotopic (exact) mass is 301 g/mol. The van der Waals surface area contributed by atoms with Crippen LogP contribution in [0.4, 0.5) is 13.2 Å². The number of hydrogen-bond acceptors (Lipinski definition) is 4. The number of alkyl halides is 3. The maximum atomic E-state index is 12.6. The van der Waals surface area contributed by atoms with Gasteiger partial charge in [0.05, 0.1) is 11.3 Å². The molecule has 3 heterocycles. The van der Waals surface area contributed by atoms with Gasteiger partial charge in [0.1, 0.15) is 5.60 Å². The number of nitrogens with zero attached hydrogens (tertiary/aromatic N) is 2. The lowest BCUT2D eigenvalue weighted by Gasteiger charge is -2.46. The molecule has 0 saturated carbocycles. The van der Waals surface area contributed by atoms with Crippen molar-refractivity contribution in [2.24, 2.45) is 0 Å². The van der Waals surface area contributed by atoms with Crippen molar-refractivity contribution in [1.29, 1.82) is 0 Å². The van der Waals surface area contributed by atoms with Crippen LogP contribution >= 0.6 is 0 Å². The van der Waals surface area contributed by atoms with Crippen LogP contribution in [0.2, 0.25) is 0 Å². The highest BCUT2D eigenvalue weighted by atomic mass is 19.4. The van der Waals surface area contributed by atoms with E-state index < -0.39 is 17.3 Å². The maximum absolute atomic E-state index is 12.6. The lowest BCUT2D eigenvalue weighted by atomic mass is 9.85. The van der Waals surface area contributed by atoms with E-state index in [0.29, 0.717) is 24.7 Å². The van der Waals surface area contributed by atoms with Crippen LogP contribution in [-0.4, -0.2) is 47.2 Å². The molecule has 21 heavy (non-hydrogen) atoms. The van der Waals surface area contributed by atoms with E-state index in [1.165, 1.54) is 6.07 Å². The van der Waals surface area contributed by atoms with Gasteiger partial charge < -0.3 is 10.4 Å².